The molecule has 0 spiro atoms. The summed E-state index contributed by atoms with van der Waals surface area (Å²) in [5, 5.41) is 3.83. The van der Waals surface area contributed by atoms with Crippen molar-refractivity contribution in [3.05, 3.63) is 105 Å². The first kappa shape index (κ1) is 25.7. The van der Waals surface area contributed by atoms with E-state index in [1.807, 2.05) is 61.5 Å². The number of nitrogens with one attached hydrogen (secondary N) is 1. The predicted octanol–water partition coefficient (Wildman–Crippen LogP) is 5.75. The maximum absolute atomic E-state index is 13.4. The molecule has 3 aromatic carbocycles. The molecule has 4 rings (SSSR count). The van der Waals surface area contributed by atoms with E-state index in [4.69, 9.17) is 23.2 Å². The van der Waals surface area contributed by atoms with Crippen molar-refractivity contribution < 1.29 is 13.2 Å². The highest BCUT2D eigenvalue weighted by Gasteiger charge is 2.34. The van der Waals surface area contributed by atoms with Crippen LogP contribution < -0.4 is 5.32 Å². The third-order valence-electron chi connectivity index (χ3n) is 6.46. The lowest BCUT2D eigenvalue weighted by Gasteiger charge is -2.32. The van der Waals surface area contributed by atoms with Crippen molar-refractivity contribution in [3.8, 4) is 0 Å². The van der Waals surface area contributed by atoms with Crippen molar-refractivity contribution in [1.82, 2.24) is 9.62 Å². The average molecular weight is 532 g/mol. The van der Waals surface area contributed by atoms with E-state index in [0.29, 0.717) is 35.0 Å². The number of halogens is 2. The van der Waals surface area contributed by atoms with Gasteiger partial charge in [-0.1, -0.05) is 83.9 Å². The topological polar surface area (TPSA) is 66.5 Å². The number of nitrogens with zero attached hydrogens (tertiary/aromatic N) is 1. The van der Waals surface area contributed by atoms with Gasteiger partial charge in [0, 0.05) is 28.7 Å². The van der Waals surface area contributed by atoms with Crippen molar-refractivity contribution >= 4 is 39.1 Å². The van der Waals surface area contributed by atoms with Gasteiger partial charge in [0.05, 0.1) is 17.7 Å². The van der Waals surface area contributed by atoms with Gasteiger partial charge in [-0.15, -0.1) is 0 Å². The SMILES string of the molecule is Cc1ccccc1C(NC(=O)C1CCCN(S(=O)(=O)Cc2c(Cl)cccc2Cl)C1)c1ccccc1. The van der Waals surface area contributed by atoms with Crippen LogP contribution in [0, 0.1) is 12.8 Å². The molecule has 1 N–H and O–H groups in total. The molecule has 1 saturated heterocycles. The summed E-state index contributed by atoms with van der Waals surface area (Å²) in [6.07, 6.45) is 1.23. The number of carbonyl (C=O) groups excluding carboxylic acids is 1. The zero-order chi connectivity index (χ0) is 25.0. The number of piperidine rings is 1. The van der Waals surface area contributed by atoms with Gasteiger partial charge < -0.3 is 5.32 Å². The number of sulfonamides is 1. The quantitative estimate of drug-likeness (QED) is 0.422. The number of carbonyl (C=O) groups is 1. The highest BCUT2D eigenvalue weighted by molar-refractivity contribution is 7.88. The maximum atomic E-state index is 13.4. The molecule has 1 heterocycles. The van der Waals surface area contributed by atoms with Crippen LogP contribution in [0.4, 0.5) is 0 Å². The van der Waals surface area contributed by atoms with Gasteiger partial charge in [-0.3, -0.25) is 4.79 Å². The monoisotopic (exact) mass is 530 g/mol. The second-order valence-corrected chi connectivity index (χ2v) is 11.6. The van der Waals surface area contributed by atoms with Crippen molar-refractivity contribution in [1.29, 1.82) is 0 Å². The Balaban J connectivity index is 1.52. The minimum atomic E-state index is -3.70. The Morgan fingerprint density at radius 3 is 2.34 bits per heavy atom. The lowest BCUT2D eigenvalue weighted by Crippen LogP contribution is -2.46. The van der Waals surface area contributed by atoms with E-state index in [1.54, 1.807) is 18.2 Å². The summed E-state index contributed by atoms with van der Waals surface area (Å²) < 4.78 is 27.8. The molecule has 2 atom stereocenters. The second-order valence-electron chi connectivity index (χ2n) is 8.86. The van der Waals surface area contributed by atoms with Crippen LogP contribution >= 0.6 is 23.2 Å². The van der Waals surface area contributed by atoms with Crippen LogP contribution in [0.3, 0.4) is 0 Å². The molecule has 1 aliphatic heterocycles. The van der Waals surface area contributed by atoms with Crippen LogP contribution in [0.25, 0.3) is 0 Å². The lowest BCUT2D eigenvalue weighted by molar-refractivity contribution is -0.126. The molecule has 1 aliphatic rings. The molecule has 184 valence electrons. The van der Waals surface area contributed by atoms with E-state index in [-0.39, 0.29) is 24.2 Å². The smallest absolute Gasteiger partial charge is 0.225 e. The minimum Gasteiger partial charge on any atom is -0.345 e. The molecular weight excluding hydrogens is 503 g/mol. The van der Waals surface area contributed by atoms with Gasteiger partial charge in [0.25, 0.3) is 0 Å². The fraction of sp³-hybridized carbons (Fsp3) is 0.296. The Morgan fingerprint density at radius 2 is 1.66 bits per heavy atom. The van der Waals surface area contributed by atoms with Gasteiger partial charge >= 0.3 is 0 Å². The first-order valence-electron chi connectivity index (χ1n) is 11.6. The Kier molecular flexibility index (Phi) is 8.17. The van der Waals surface area contributed by atoms with Gasteiger partial charge in [0.2, 0.25) is 15.9 Å². The molecule has 5 nitrogen and oxygen atoms in total. The molecule has 1 fully saturated rings. The van der Waals surface area contributed by atoms with Crippen molar-refractivity contribution in [2.45, 2.75) is 31.6 Å². The van der Waals surface area contributed by atoms with Crippen LogP contribution in [0.1, 0.15) is 41.1 Å². The summed E-state index contributed by atoms with van der Waals surface area (Å²) in [5.74, 6) is -0.899. The summed E-state index contributed by atoms with van der Waals surface area (Å²) in [7, 11) is -3.70. The second kappa shape index (κ2) is 11.1. The number of hydrogen-bond acceptors (Lipinski definition) is 3. The summed E-state index contributed by atoms with van der Waals surface area (Å²) >= 11 is 12.4. The van der Waals surface area contributed by atoms with Crippen LogP contribution in [0.15, 0.2) is 72.8 Å². The number of hydrogen-bond donors (Lipinski definition) is 1. The van der Waals surface area contributed by atoms with E-state index >= 15 is 0 Å². The summed E-state index contributed by atoms with van der Waals surface area (Å²) in [6, 6.07) is 22.4. The summed E-state index contributed by atoms with van der Waals surface area (Å²) in [6.45, 7) is 2.52. The van der Waals surface area contributed by atoms with Gasteiger partial charge in [0.15, 0.2) is 0 Å². The molecular formula is C27H28Cl2N2O3S. The van der Waals surface area contributed by atoms with Gasteiger partial charge in [-0.05, 0) is 48.6 Å². The maximum Gasteiger partial charge on any atom is 0.225 e. The Labute approximate surface area is 217 Å². The predicted molar refractivity (Wildman–Crippen MR) is 141 cm³/mol. The van der Waals surface area contributed by atoms with Crippen LogP contribution in [-0.4, -0.2) is 31.7 Å². The molecule has 0 aromatic heterocycles. The largest absolute Gasteiger partial charge is 0.345 e. The third-order valence-corrected chi connectivity index (χ3v) is 8.94. The standard InChI is InChI=1S/C27H28Cl2N2O3S/c1-19-9-5-6-13-22(19)26(20-10-3-2-4-11-20)30-27(32)21-12-8-16-31(17-21)35(33,34)18-23-24(28)14-7-15-25(23)29/h2-7,9-11,13-15,21,26H,8,12,16-18H2,1H3,(H,30,32). The molecule has 3 aromatic rings. The van der Waals surface area contributed by atoms with Crippen molar-refractivity contribution in [2.75, 3.05) is 13.1 Å². The highest BCUT2D eigenvalue weighted by Crippen LogP contribution is 2.30. The number of benzene rings is 3. The molecule has 8 heteroatoms. The summed E-state index contributed by atoms with van der Waals surface area (Å²) in [4.78, 5) is 13.4. The Morgan fingerprint density at radius 1 is 1.00 bits per heavy atom. The Hall–Kier alpha value is -2.38. The number of amides is 1. The zero-order valence-electron chi connectivity index (χ0n) is 19.5. The third kappa shape index (κ3) is 6.07. The van der Waals surface area contributed by atoms with Gasteiger partial charge in [-0.2, -0.15) is 0 Å². The molecule has 0 radical (unpaired) electrons. The van der Waals surface area contributed by atoms with Crippen molar-refractivity contribution in [2.24, 2.45) is 5.92 Å². The first-order chi connectivity index (χ1) is 16.8. The zero-order valence-corrected chi connectivity index (χ0v) is 21.8. The first-order valence-corrected chi connectivity index (χ1v) is 13.9. The normalized spacial score (nSPS) is 17.6. The molecule has 1 amide bonds. The van der Waals surface area contributed by atoms with Crippen LogP contribution in [0.5, 0.6) is 0 Å². The molecule has 35 heavy (non-hydrogen) atoms. The summed E-state index contributed by atoms with van der Waals surface area (Å²) in [5.41, 5.74) is 3.45. The molecule has 0 aliphatic carbocycles. The molecule has 2 unspecified atom stereocenters. The van der Waals surface area contributed by atoms with Gasteiger partial charge in [0.1, 0.15) is 0 Å². The molecule has 0 bridgehead atoms. The van der Waals surface area contributed by atoms with E-state index in [2.05, 4.69) is 5.32 Å². The van der Waals surface area contributed by atoms with E-state index in [0.717, 1.165) is 16.7 Å². The number of rotatable bonds is 7. The van der Waals surface area contributed by atoms with Gasteiger partial charge in [-0.25, -0.2) is 12.7 Å². The van der Waals surface area contributed by atoms with E-state index in [1.165, 1.54) is 4.31 Å². The minimum absolute atomic E-state index is 0.130. The van der Waals surface area contributed by atoms with Crippen LogP contribution in [-0.2, 0) is 20.6 Å². The fourth-order valence-electron chi connectivity index (χ4n) is 4.51. The van der Waals surface area contributed by atoms with Crippen LogP contribution in [0.2, 0.25) is 10.0 Å². The van der Waals surface area contributed by atoms with E-state index < -0.39 is 15.9 Å². The fourth-order valence-corrected chi connectivity index (χ4v) is 6.87. The molecule has 0 saturated carbocycles. The average Bonchev–Trinajstić information content (AvgIpc) is 2.86. The van der Waals surface area contributed by atoms with E-state index in [9.17, 15) is 13.2 Å². The number of aryl methyl sites for hydroxylation is 1. The highest BCUT2D eigenvalue weighted by atomic mass is 35.5. The Bertz CT molecular complexity index is 1280. The lowest BCUT2D eigenvalue weighted by atomic mass is 9.93. The van der Waals surface area contributed by atoms with Crippen molar-refractivity contribution in [3.63, 3.8) is 0 Å².